The van der Waals surface area contributed by atoms with Crippen molar-refractivity contribution in [3.63, 3.8) is 0 Å². The van der Waals surface area contributed by atoms with Crippen molar-refractivity contribution >= 4 is 5.97 Å². The molecule has 59 heavy (non-hydrogen) atoms. The Bertz CT molecular complexity index is 1420. The highest BCUT2D eigenvalue weighted by Crippen LogP contribution is 2.42. The molecule has 0 spiro atoms. The lowest BCUT2D eigenvalue weighted by molar-refractivity contribution is 0.0697. The highest BCUT2D eigenvalue weighted by Gasteiger charge is 2.20. The fourth-order valence-corrected chi connectivity index (χ4v) is 7.58. The third-order valence-corrected chi connectivity index (χ3v) is 11.3. The number of aromatic nitrogens is 2. The van der Waals surface area contributed by atoms with Gasteiger partial charge in [0, 0.05) is 11.1 Å². The summed E-state index contributed by atoms with van der Waals surface area (Å²) in [5.41, 5.74) is 1.56. The molecule has 0 saturated carbocycles. The maximum atomic E-state index is 11.4. The summed E-state index contributed by atoms with van der Waals surface area (Å²) in [4.78, 5) is 11.4. The van der Waals surface area contributed by atoms with Gasteiger partial charge in [0.1, 0.15) is 0 Å². The third kappa shape index (κ3) is 22.0. The normalized spacial score (nSPS) is 11.3. The molecule has 0 aliphatic heterocycles. The number of hydrogen-bond donors (Lipinski definition) is 1. The van der Waals surface area contributed by atoms with Crippen molar-refractivity contribution in [2.45, 2.75) is 213 Å². The predicted octanol–water partition coefficient (Wildman–Crippen LogP) is 16.0. The summed E-state index contributed by atoms with van der Waals surface area (Å²) in [6.07, 6.45) is 38.0. The van der Waals surface area contributed by atoms with E-state index in [0.717, 1.165) is 38.5 Å². The smallest absolute Gasteiger partial charge is 0.335 e. The van der Waals surface area contributed by atoms with Crippen molar-refractivity contribution in [3.05, 3.63) is 42.0 Å². The van der Waals surface area contributed by atoms with Gasteiger partial charge in [0.25, 0.3) is 0 Å². The average molecular weight is 819 g/mol. The molecule has 0 saturated heterocycles. The van der Waals surface area contributed by atoms with E-state index in [1.54, 1.807) is 24.3 Å². The van der Waals surface area contributed by atoms with E-state index in [9.17, 15) is 9.90 Å². The number of carboxylic acids is 1. The number of rotatable bonds is 39. The zero-order chi connectivity index (χ0) is 42.0. The van der Waals surface area contributed by atoms with Crippen LogP contribution >= 0.6 is 0 Å². The molecule has 2 aromatic carbocycles. The standard InChI is InChI=1S/C51H82N2O6/c1-4-7-10-13-16-19-22-25-28-31-38-56-46-41-45(50-53-52-49(59-50)43-34-36-44(37-35-43)51(54)55)42-47(57-39-32-29-26-23-20-17-14-11-8-5-2)48(46)58-40-33-30-27-24-21-18-15-12-9-6-3/h34-37,41-42H,4-33,38-40H2,1-3H3,(H,54,55). The number of nitrogens with zero attached hydrogens (tertiary/aromatic N) is 2. The SMILES string of the molecule is CCCCCCCCCCCCOc1cc(-c2nnc(-c3ccc(C(=O)O)cc3)o2)cc(OCCCCCCCCCCCC)c1OCCCCCCCCCCCC. The molecule has 3 rings (SSSR count). The molecule has 0 fully saturated rings. The molecule has 0 amide bonds. The summed E-state index contributed by atoms with van der Waals surface area (Å²) < 4.78 is 25.8. The molecule has 8 nitrogen and oxygen atoms in total. The maximum absolute atomic E-state index is 11.4. The van der Waals surface area contributed by atoms with E-state index in [-0.39, 0.29) is 5.56 Å². The van der Waals surface area contributed by atoms with E-state index < -0.39 is 5.97 Å². The Kier molecular flexibility index (Phi) is 28.0. The molecular formula is C51H82N2O6. The van der Waals surface area contributed by atoms with Crippen LogP contribution in [0.15, 0.2) is 40.8 Å². The first-order valence-electron chi connectivity index (χ1n) is 24.3. The minimum atomic E-state index is -0.978. The molecule has 3 aromatic rings. The van der Waals surface area contributed by atoms with Crippen LogP contribution in [0.5, 0.6) is 17.2 Å². The van der Waals surface area contributed by atoms with Crippen LogP contribution < -0.4 is 14.2 Å². The molecule has 1 heterocycles. The van der Waals surface area contributed by atoms with E-state index in [4.69, 9.17) is 18.6 Å². The molecular weight excluding hydrogens is 737 g/mol. The van der Waals surface area contributed by atoms with Crippen LogP contribution in [0, 0.1) is 0 Å². The van der Waals surface area contributed by atoms with Crippen LogP contribution in [-0.2, 0) is 0 Å². The Balaban J connectivity index is 1.70. The second kappa shape index (κ2) is 33.2. The Labute approximate surface area is 359 Å². The van der Waals surface area contributed by atoms with Crippen molar-refractivity contribution in [1.29, 1.82) is 0 Å². The van der Waals surface area contributed by atoms with E-state index in [2.05, 4.69) is 31.0 Å². The predicted molar refractivity (Wildman–Crippen MR) is 244 cm³/mol. The Morgan fingerprint density at radius 1 is 0.458 bits per heavy atom. The molecule has 0 aliphatic carbocycles. The fraction of sp³-hybridized carbons (Fsp3) is 0.706. The van der Waals surface area contributed by atoms with Crippen molar-refractivity contribution in [3.8, 4) is 40.2 Å². The minimum Gasteiger partial charge on any atom is -0.490 e. The summed E-state index contributed by atoms with van der Waals surface area (Å²) in [5, 5.41) is 18.1. The monoisotopic (exact) mass is 819 g/mol. The molecule has 0 radical (unpaired) electrons. The first kappa shape index (κ1) is 49.8. The highest BCUT2D eigenvalue weighted by molar-refractivity contribution is 5.88. The van der Waals surface area contributed by atoms with Gasteiger partial charge in [-0.25, -0.2) is 4.79 Å². The number of benzene rings is 2. The van der Waals surface area contributed by atoms with Crippen molar-refractivity contribution in [2.75, 3.05) is 19.8 Å². The van der Waals surface area contributed by atoms with Gasteiger partial charge in [-0.3, -0.25) is 0 Å². The van der Waals surface area contributed by atoms with Crippen LogP contribution in [0.1, 0.15) is 224 Å². The molecule has 0 atom stereocenters. The summed E-state index contributed by atoms with van der Waals surface area (Å²) in [5.74, 6) is 1.64. The summed E-state index contributed by atoms with van der Waals surface area (Å²) in [7, 11) is 0. The number of hydrogen-bond acceptors (Lipinski definition) is 7. The number of carbonyl (C=O) groups is 1. The van der Waals surface area contributed by atoms with Crippen LogP contribution in [0.3, 0.4) is 0 Å². The van der Waals surface area contributed by atoms with Crippen molar-refractivity contribution in [1.82, 2.24) is 10.2 Å². The van der Waals surface area contributed by atoms with Crippen LogP contribution in [0.2, 0.25) is 0 Å². The molecule has 8 heteroatoms. The van der Waals surface area contributed by atoms with Crippen LogP contribution in [0.4, 0.5) is 0 Å². The van der Waals surface area contributed by atoms with E-state index in [1.165, 1.54) is 154 Å². The fourth-order valence-electron chi connectivity index (χ4n) is 7.58. The lowest BCUT2D eigenvalue weighted by Gasteiger charge is -2.18. The summed E-state index contributed by atoms with van der Waals surface area (Å²) in [6, 6.07) is 10.4. The summed E-state index contributed by atoms with van der Waals surface area (Å²) >= 11 is 0. The lowest BCUT2D eigenvalue weighted by Crippen LogP contribution is -2.07. The molecule has 332 valence electrons. The van der Waals surface area contributed by atoms with Crippen LogP contribution in [0.25, 0.3) is 22.9 Å². The van der Waals surface area contributed by atoms with Gasteiger partial charge >= 0.3 is 5.97 Å². The Morgan fingerprint density at radius 2 is 0.780 bits per heavy atom. The van der Waals surface area contributed by atoms with E-state index >= 15 is 0 Å². The van der Waals surface area contributed by atoms with Crippen molar-refractivity contribution in [2.24, 2.45) is 0 Å². The van der Waals surface area contributed by atoms with E-state index in [0.29, 0.717) is 60.0 Å². The Morgan fingerprint density at radius 3 is 1.14 bits per heavy atom. The molecule has 0 aliphatic rings. The second-order valence-electron chi connectivity index (χ2n) is 16.7. The maximum Gasteiger partial charge on any atom is 0.335 e. The van der Waals surface area contributed by atoms with Gasteiger partial charge in [-0.15, -0.1) is 10.2 Å². The van der Waals surface area contributed by atoms with Gasteiger partial charge in [0.2, 0.25) is 17.5 Å². The average Bonchev–Trinajstić information content (AvgIpc) is 3.75. The number of unbranched alkanes of at least 4 members (excludes halogenated alkanes) is 27. The number of ether oxygens (including phenoxy) is 3. The van der Waals surface area contributed by atoms with Gasteiger partial charge in [-0.1, -0.05) is 194 Å². The topological polar surface area (TPSA) is 104 Å². The van der Waals surface area contributed by atoms with Gasteiger partial charge in [-0.2, -0.15) is 0 Å². The molecule has 1 N–H and O–H groups in total. The quantitative estimate of drug-likeness (QED) is 0.0568. The van der Waals surface area contributed by atoms with Crippen molar-refractivity contribution < 1.29 is 28.5 Å². The van der Waals surface area contributed by atoms with E-state index in [1.807, 2.05) is 12.1 Å². The number of aromatic carboxylic acids is 1. The van der Waals surface area contributed by atoms with Gasteiger partial charge in [-0.05, 0) is 55.7 Å². The highest BCUT2D eigenvalue weighted by atomic mass is 16.5. The molecule has 1 aromatic heterocycles. The number of carboxylic acid groups (broad SMARTS) is 1. The minimum absolute atomic E-state index is 0.204. The second-order valence-corrected chi connectivity index (χ2v) is 16.7. The molecule has 0 bridgehead atoms. The van der Waals surface area contributed by atoms with Gasteiger partial charge < -0.3 is 23.7 Å². The van der Waals surface area contributed by atoms with Gasteiger partial charge in [0.05, 0.1) is 25.4 Å². The largest absolute Gasteiger partial charge is 0.490 e. The zero-order valence-corrected chi connectivity index (χ0v) is 37.7. The zero-order valence-electron chi connectivity index (χ0n) is 37.7. The summed E-state index contributed by atoms with van der Waals surface area (Å²) in [6.45, 7) is 8.61. The Hall–Kier alpha value is -3.55. The first-order chi connectivity index (χ1) is 29.1. The third-order valence-electron chi connectivity index (χ3n) is 11.3. The van der Waals surface area contributed by atoms with Crippen LogP contribution in [-0.4, -0.2) is 41.1 Å². The lowest BCUT2D eigenvalue weighted by atomic mass is 10.1. The first-order valence-corrected chi connectivity index (χ1v) is 24.3. The molecule has 0 unspecified atom stereocenters. The van der Waals surface area contributed by atoms with Gasteiger partial charge in [0.15, 0.2) is 11.5 Å².